The maximum atomic E-state index is 11.4. The van der Waals surface area contributed by atoms with E-state index in [9.17, 15) is 25.9 Å². The summed E-state index contributed by atoms with van der Waals surface area (Å²) in [6, 6.07) is 0. The summed E-state index contributed by atoms with van der Waals surface area (Å²) in [7, 11) is -8.24. The van der Waals surface area contributed by atoms with Gasteiger partial charge in [0.05, 0.1) is 11.5 Å². The molecule has 10 heteroatoms. The summed E-state index contributed by atoms with van der Waals surface area (Å²) < 4.78 is 64.1. The molecule has 0 spiro atoms. The molecule has 0 bridgehead atoms. The number of hydrogen-bond donors (Lipinski definition) is 3. The average molecular weight is 501 g/mol. The Balaban J connectivity index is 5.51. The van der Waals surface area contributed by atoms with Crippen LogP contribution in [0.3, 0.4) is 0 Å². The van der Waals surface area contributed by atoms with Crippen LogP contribution in [-0.4, -0.2) is 67.5 Å². The fourth-order valence-corrected chi connectivity index (χ4v) is 7.40. The van der Waals surface area contributed by atoms with Gasteiger partial charge >= 0.3 is 0 Å². The van der Waals surface area contributed by atoms with Crippen LogP contribution in [0.2, 0.25) is 0 Å². The third kappa shape index (κ3) is 16.4. The molecule has 0 aromatic heterocycles. The highest BCUT2D eigenvalue weighted by atomic mass is 32.2. The molecular weight excluding hydrogens is 452 g/mol. The van der Waals surface area contributed by atoms with Gasteiger partial charge in [0.2, 0.25) is 0 Å². The molecule has 4 N–H and O–H groups in total. The van der Waals surface area contributed by atoms with Crippen molar-refractivity contribution in [3.8, 4) is 0 Å². The van der Waals surface area contributed by atoms with Gasteiger partial charge in [0.1, 0.15) is 0 Å². The van der Waals surface area contributed by atoms with Crippen molar-refractivity contribution in [1.29, 1.82) is 0 Å². The lowest BCUT2D eigenvalue weighted by Gasteiger charge is -2.42. The van der Waals surface area contributed by atoms with Crippen molar-refractivity contribution >= 4 is 20.2 Å². The lowest BCUT2D eigenvalue weighted by atomic mass is 9.75. The van der Waals surface area contributed by atoms with E-state index < -0.39 is 36.9 Å². The van der Waals surface area contributed by atoms with Gasteiger partial charge in [-0.2, -0.15) is 16.8 Å². The molecule has 0 aliphatic rings. The summed E-state index contributed by atoms with van der Waals surface area (Å²) in [6.07, 6.45) is 2.01. The van der Waals surface area contributed by atoms with E-state index in [1.165, 1.54) is 0 Å². The summed E-state index contributed by atoms with van der Waals surface area (Å²) in [6.45, 7) is 20.2. The van der Waals surface area contributed by atoms with Gasteiger partial charge in [-0.3, -0.25) is 9.11 Å². The van der Waals surface area contributed by atoms with Gasteiger partial charge in [0.15, 0.2) is 0 Å². The zero-order valence-corrected chi connectivity index (χ0v) is 23.2. The number of hydrogen-bond acceptors (Lipinski definition) is 6. The third-order valence-electron chi connectivity index (χ3n) is 5.25. The molecule has 1 unspecified atom stereocenters. The van der Waals surface area contributed by atoms with E-state index in [2.05, 4.69) is 32.6 Å². The highest BCUT2D eigenvalue weighted by Gasteiger charge is 2.37. The van der Waals surface area contributed by atoms with Crippen LogP contribution in [0, 0.1) is 22.2 Å². The topological polar surface area (TPSA) is 138 Å². The van der Waals surface area contributed by atoms with E-state index >= 15 is 0 Å². The molecule has 0 fully saturated rings. The quantitative estimate of drug-likeness (QED) is 0.289. The standard InChI is InChI=1S/C22H48N2O6S2/c1-18(2)10-11-24(14-19(3,4)12-21(7,8)16-31(25,26)27)15-20(5,6)13-22(9,23)17-32(28,29)30/h18H,10-17,23H2,1-9H3,(H,25,26,27)(H,28,29,30). The van der Waals surface area contributed by atoms with Crippen LogP contribution in [0.15, 0.2) is 0 Å². The first-order valence-corrected chi connectivity index (χ1v) is 14.5. The second-order valence-electron chi connectivity index (χ2n) is 12.8. The van der Waals surface area contributed by atoms with Crippen molar-refractivity contribution in [2.24, 2.45) is 27.9 Å². The fourth-order valence-electron chi connectivity index (χ4n) is 5.38. The van der Waals surface area contributed by atoms with E-state index in [1.807, 2.05) is 27.7 Å². The first-order valence-electron chi connectivity index (χ1n) is 11.2. The lowest BCUT2D eigenvalue weighted by molar-refractivity contribution is 0.0836. The minimum Gasteiger partial charge on any atom is -0.324 e. The highest BCUT2D eigenvalue weighted by molar-refractivity contribution is 7.86. The van der Waals surface area contributed by atoms with Crippen molar-refractivity contribution in [2.45, 2.75) is 87.1 Å². The summed E-state index contributed by atoms with van der Waals surface area (Å²) >= 11 is 0. The van der Waals surface area contributed by atoms with Crippen LogP contribution in [0.25, 0.3) is 0 Å². The molecule has 0 aromatic rings. The van der Waals surface area contributed by atoms with E-state index in [-0.39, 0.29) is 16.6 Å². The van der Waals surface area contributed by atoms with Gasteiger partial charge in [0.25, 0.3) is 20.2 Å². The molecule has 32 heavy (non-hydrogen) atoms. The monoisotopic (exact) mass is 500 g/mol. The second kappa shape index (κ2) is 11.0. The Morgan fingerprint density at radius 2 is 1.16 bits per heavy atom. The van der Waals surface area contributed by atoms with Crippen LogP contribution < -0.4 is 5.73 Å². The number of nitrogens with zero attached hydrogens (tertiary/aromatic N) is 1. The molecule has 194 valence electrons. The third-order valence-corrected chi connectivity index (χ3v) is 7.42. The predicted octanol–water partition coefficient (Wildman–Crippen LogP) is 3.69. The van der Waals surface area contributed by atoms with Gasteiger partial charge in [0, 0.05) is 18.6 Å². The van der Waals surface area contributed by atoms with Gasteiger partial charge in [-0.15, -0.1) is 0 Å². The van der Waals surface area contributed by atoms with Crippen LogP contribution in [-0.2, 0) is 20.2 Å². The van der Waals surface area contributed by atoms with Crippen molar-refractivity contribution in [3.63, 3.8) is 0 Å². The molecule has 8 nitrogen and oxygen atoms in total. The average Bonchev–Trinajstić information content (AvgIpc) is 2.34. The first kappa shape index (κ1) is 31.7. The Kier molecular flexibility index (Phi) is 10.9. The van der Waals surface area contributed by atoms with Crippen LogP contribution >= 0.6 is 0 Å². The highest BCUT2D eigenvalue weighted by Crippen LogP contribution is 2.37. The van der Waals surface area contributed by atoms with E-state index in [0.717, 1.165) is 19.5 Å². The second-order valence-corrected chi connectivity index (χ2v) is 15.8. The van der Waals surface area contributed by atoms with Crippen LogP contribution in [0.5, 0.6) is 0 Å². The summed E-state index contributed by atoms with van der Waals surface area (Å²) in [4.78, 5) is 2.34. The van der Waals surface area contributed by atoms with Gasteiger partial charge in [-0.25, -0.2) is 0 Å². The molecule has 0 amide bonds. The Morgan fingerprint density at radius 3 is 1.53 bits per heavy atom. The Morgan fingerprint density at radius 1 is 0.750 bits per heavy atom. The molecule has 0 saturated heterocycles. The van der Waals surface area contributed by atoms with Crippen molar-refractivity contribution in [1.82, 2.24) is 4.90 Å². The first-order chi connectivity index (χ1) is 13.8. The summed E-state index contributed by atoms with van der Waals surface area (Å²) in [5, 5.41) is 0. The molecular formula is C22H48N2O6S2. The predicted molar refractivity (Wildman–Crippen MR) is 132 cm³/mol. The molecule has 0 rings (SSSR count). The summed E-state index contributed by atoms with van der Waals surface area (Å²) in [5.74, 6) is -0.272. The van der Waals surface area contributed by atoms with Crippen LogP contribution in [0.4, 0.5) is 0 Å². The SMILES string of the molecule is CC(C)CCN(CC(C)(C)CC(C)(C)CS(=O)(=O)O)CC(C)(C)CC(C)(N)CS(=O)(=O)O. The molecule has 0 heterocycles. The number of rotatable bonds is 15. The normalized spacial score (nSPS) is 16.6. The molecule has 0 aliphatic heterocycles. The zero-order valence-electron chi connectivity index (χ0n) is 21.6. The molecule has 0 aromatic carbocycles. The Hall–Kier alpha value is -0.260. The Bertz CT molecular complexity index is 738. The smallest absolute Gasteiger partial charge is 0.266 e. The lowest BCUT2D eigenvalue weighted by Crippen LogP contribution is -2.50. The maximum Gasteiger partial charge on any atom is 0.266 e. The molecule has 0 radical (unpaired) electrons. The minimum atomic E-state index is -4.18. The zero-order chi connectivity index (χ0) is 25.8. The van der Waals surface area contributed by atoms with E-state index in [0.29, 0.717) is 25.3 Å². The van der Waals surface area contributed by atoms with Crippen LogP contribution in [0.1, 0.15) is 81.6 Å². The minimum absolute atomic E-state index is 0.221. The molecule has 0 aliphatic carbocycles. The van der Waals surface area contributed by atoms with Crippen molar-refractivity contribution in [2.75, 3.05) is 31.1 Å². The number of nitrogens with two attached hydrogens (primary N) is 1. The molecule has 1 atom stereocenters. The molecule has 0 saturated carbocycles. The van der Waals surface area contributed by atoms with Gasteiger partial charge in [-0.1, -0.05) is 55.4 Å². The Labute approximate surface area is 197 Å². The van der Waals surface area contributed by atoms with Crippen molar-refractivity contribution < 1.29 is 25.9 Å². The van der Waals surface area contributed by atoms with E-state index in [1.54, 1.807) is 6.92 Å². The van der Waals surface area contributed by atoms with Crippen molar-refractivity contribution in [3.05, 3.63) is 0 Å². The van der Waals surface area contributed by atoms with E-state index in [4.69, 9.17) is 5.73 Å². The fraction of sp³-hybridized carbons (Fsp3) is 1.00. The van der Waals surface area contributed by atoms with Gasteiger partial charge < -0.3 is 10.6 Å². The largest absolute Gasteiger partial charge is 0.324 e. The maximum absolute atomic E-state index is 11.4. The van der Waals surface area contributed by atoms with Gasteiger partial charge in [-0.05, 0) is 54.9 Å². The summed E-state index contributed by atoms with van der Waals surface area (Å²) in [5.41, 5.74) is 4.04.